The van der Waals surface area contributed by atoms with Crippen molar-refractivity contribution in [2.24, 2.45) is 0 Å². The molecule has 3 N–H and O–H groups in total. The molecule has 2 aromatic heterocycles. The van der Waals surface area contributed by atoms with Crippen LogP contribution in [0.5, 0.6) is 0 Å². The molecule has 0 spiro atoms. The predicted octanol–water partition coefficient (Wildman–Crippen LogP) is 2.22. The van der Waals surface area contributed by atoms with Crippen LogP contribution in [-0.4, -0.2) is 15.0 Å². The maximum Gasteiger partial charge on any atom is 0.188 e. The summed E-state index contributed by atoms with van der Waals surface area (Å²) in [5.74, 6) is 0.476. The maximum atomic E-state index is 5.75. The van der Waals surface area contributed by atoms with Crippen molar-refractivity contribution in [3.05, 3.63) is 22.6 Å². The zero-order valence-electron chi connectivity index (χ0n) is 7.86. The molecular weight excluding hydrogens is 234 g/mol. The molecule has 2 rings (SSSR count). The van der Waals surface area contributed by atoms with E-state index in [1.807, 2.05) is 6.92 Å². The van der Waals surface area contributed by atoms with E-state index in [0.29, 0.717) is 11.5 Å². The Labute approximate surface area is 95.3 Å². The first-order valence-electron chi connectivity index (χ1n) is 4.12. The van der Waals surface area contributed by atoms with Crippen LogP contribution in [0.25, 0.3) is 0 Å². The molecule has 7 heteroatoms. The Hall–Kier alpha value is -1.40. The molecule has 0 atom stereocenters. The summed E-state index contributed by atoms with van der Waals surface area (Å²) in [5.41, 5.74) is 6.02. The average molecular weight is 242 g/mol. The second-order valence-corrected chi connectivity index (χ2v) is 4.42. The SMILES string of the molecule is Cc1cnc(Nc2ncnc(Cl)c2N)s1. The van der Waals surface area contributed by atoms with Crippen molar-refractivity contribution < 1.29 is 0 Å². The molecule has 0 amide bonds. The highest BCUT2D eigenvalue weighted by Crippen LogP contribution is 2.27. The van der Waals surface area contributed by atoms with Gasteiger partial charge in [-0.05, 0) is 6.92 Å². The molecule has 0 bridgehead atoms. The van der Waals surface area contributed by atoms with Crippen molar-refractivity contribution in [3.63, 3.8) is 0 Å². The van der Waals surface area contributed by atoms with Gasteiger partial charge in [-0.1, -0.05) is 11.6 Å². The number of nitrogens with two attached hydrogens (primary N) is 1. The zero-order chi connectivity index (χ0) is 10.8. The molecule has 0 saturated carbocycles. The van der Waals surface area contributed by atoms with Crippen molar-refractivity contribution in [1.82, 2.24) is 15.0 Å². The normalized spacial score (nSPS) is 10.3. The molecule has 0 aliphatic rings. The molecule has 78 valence electrons. The molecule has 2 heterocycles. The van der Waals surface area contributed by atoms with Crippen LogP contribution in [0.1, 0.15) is 4.88 Å². The lowest BCUT2D eigenvalue weighted by Crippen LogP contribution is -2.00. The lowest BCUT2D eigenvalue weighted by atomic mass is 10.5. The number of halogens is 1. The first kappa shape index (κ1) is 10.1. The number of rotatable bonds is 2. The van der Waals surface area contributed by atoms with Crippen LogP contribution in [0, 0.1) is 6.92 Å². The number of nitrogen functional groups attached to an aromatic ring is 1. The third kappa shape index (κ3) is 2.16. The highest BCUT2D eigenvalue weighted by atomic mass is 35.5. The van der Waals surface area contributed by atoms with E-state index in [1.54, 1.807) is 6.20 Å². The minimum absolute atomic E-state index is 0.237. The summed E-state index contributed by atoms with van der Waals surface area (Å²) in [5, 5.41) is 3.95. The van der Waals surface area contributed by atoms with Crippen LogP contribution in [-0.2, 0) is 0 Å². The fourth-order valence-corrected chi connectivity index (χ4v) is 1.78. The maximum absolute atomic E-state index is 5.75. The molecule has 0 saturated heterocycles. The Balaban J connectivity index is 2.28. The molecule has 5 nitrogen and oxygen atoms in total. The quantitative estimate of drug-likeness (QED) is 0.789. The fourth-order valence-electron chi connectivity index (χ4n) is 0.987. The summed E-state index contributed by atoms with van der Waals surface area (Å²) < 4.78 is 0. The van der Waals surface area contributed by atoms with Gasteiger partial charge in [0.25, 0.3) is 0 Å². The zero-order valence-corrected chi connectivity index (χ0v) is 9.43. The van der Waals surface area contributed by atoms with Crippen LogP contribution >= 0.6 is 22.9 Å². The number of thiazole rings is 1. The van der Waals surface area contributed by atoms with Crippen LogP contribution in [0.15, 0.2) is 12.5 Å². The van der Waals surface area contributed by atoms with Crippen molar-refractivity contribution >= 4 is 39.6 Å². The van der Waals surface area contributed by atoms with E-state index in [-0.39, 0.29) is 5.15 Å². The second-order valence-electron chi connectivity index (χ2n) is 2.83. The molecule has 0 unspecified atom stereocenters. The molecule has 0 aliphatic heterocycles. The van der Waals surface area contributed by atoms with E-state index in [0.717, 1.165) is 10.0 Å². The Morgan fingerprint density at radius 1 is 1.40 bits per heavy atom. The largest absolute Gasteiger partial charge is 0.393 e. The van der Waals surface area contributed by atoms with Crippen LogP contribution in [0.4, 0.5) is 16.6 Å². The standard InChI is InChI=1S/C8H8ClN5S/c1-4-2-11-8(15-4)14-7-5(10)6(9)12-3-13-7/h2-3H,10H2,1H3,(H,11,12,13,14). The highest BCUT2D eigenvalue weighted by Gasteiger charge is 2.07. The Kier molecular flexibility index (Phi) is 2.70. The van der Waals surface area contributed by atoms with Crippen molar-refractivity contribution in [2.75, 3.05) is 11.1 Å². The van der Waals surface area contributed by atoms with Gasteiger partial charge in [0.1, 0.15) is 12.0 Å². The number of nitrogens with one attached hydrogen (secondary N) is 1. The number of hydrogen-bond acceptors (Lipinski definition) is 6. The van der Waals surface area contributed by atoms with Crippen LogP contribution in [0.2, 0.25) is 5.15 Å². The van der Waals surface area contributed by atoms with Crippen LogP contribution < -0.4 is 11.1 Å². The van der Waals surface area contributed by atoms with E-state index < -0.39 is 0 Å². The fraction of sp³-hybridized carbons (Fsp3) is 0.125. The number of hydrogen-bond donors (Lipinski definition) is 2. The molecule has 0 aromatic carbocycles. The Morgan fingerprint density at radius 3 is 2.87 bits per heavy atom. The van der Waals surface area contributed by atoms with Gasteiger partial charge in [-0.15, -0.1) is 11.3 Å². The summed E-state index contributed by atoms with van der Waals surface area (Å²) in [7, 11) is 0. The number of anilines is 3. The Morgan fingerprint density at radius 2 is 2.20 bits per heavy atom. The van der Waals surface area contributed by atoms with Gasteiger partial charge in [0.15, 0.2) is 16.1 Å². The number of nitrogens with zero attached hydrogens (tertiary/aromatic N) is 3. The number of aryl methyl sites for hydroxylation is 1. The predicted molar refractivity (Wildman–Crippen MR) is 61.6 cm³/mol. The smallest absolute Gasteiger partial charge is 0.188 e. The van der Waals surface area contributed by atoms with Gasteiger partial charge >= 0.3 is 0 Å². The lowest BCUT2D eigenvalue weighted by Gasteiger charge is -2.04. The second kappa shape index (κ2) is 4.00. The van der Waals surface area contributed by atoms with Gasteiger partial charge in [-0.25, -0.2) is 15.0 Å². The first-order chi connectivity index (χ1) is 7.16. The highest BCUT2D eigenvalue weighted by molar-refractivity contribution is 7.15. The topological polar surface area (TPSA) is 76.7 Å². The van der Waals surface area contributed by atoms with E-state index in [1.165, 1.54) is 17.7 Å². The van der Waals surface area contributed by atoms with Crippen molar-refractivity contribution in [3.8, 4) is 0 Å². The van der Waals surface area contributed by atoms with Crippen molar-refractivity contribution in [1.29, 1.82) is 0 Å². The van der Waals surface area contributed by atoms with Crippen LogP contribution in [0.3, 0.4) is 0 Å². The lowest BCUT2D eigenvalue weighted by molar-refractivity contribution is 1.17. The molecule has 0 aliphatic carbocycles. The van der Waals surface area contributed by atoms with Gasteiger partial charge in [0.05, 0.1) is 0 Å². The monoisotopic (exact) mass is 241 g/mol. The van der Waals surface area contributed by atoms with E-state index in [9.17, 15) is 0 Å². The average Bonchev–Trinajstić information content (AvgIpc) is 2.59. The van der Waals surface area contributed by atoms with E-state index >= 15 is 0 Å². The number of aromatic nitrogens is 3. The summed E-state index contributed by atoms with van der Waals surface area (Å²) >= 11 is 7.27. The van der Waals surface area contributed by atoms with Gasteiger partial charge in [0.2, 0.25) is 0 Å². The minimum atomic E-state index is 0.237. The van der Waals surface area contributed by atoms with Gasteiger partial charge in [-0.3, -0.25) is 0 Å². The van der Waals surface area contributed by atoms with E-state index in [4.69, 9.17) is 17.3 Å². The molecule has 0 radical (unpaired) electrons. The summed E-state index contributed by atoms with van der Waals surface area (Å²) in [6.07, 6.45) is 3.12. The summed E-state index contributed by atoms with van der Waals surface area (Å²) in [4.78, 5) is 13.0. The molecule has 15 heavy (non-hydrogen) atoms. The summed E-state index contributed by atoms with van der Waals surface area (Å²) in [6, 6.07) is 0. The van der Waals surface area contributed by atoms with Crippen molar-refractivity contribution in [2.45, 2.75) is 6.92 Å². The molecule has 2 aromatic rings. The minimum Gasteiger partial charge on any atom is -0.393 e. The van der Waals surface area contributed by atoms with Gasteiger partial charge in [-0.2, -0.15) is 0 Å². The molecular formula is C8H8ClN5S. The third-order valence-corrected chi connectivity index (χ3v) is 2.81. The first-order valence-corrected chi connectivity index (χ1v) is 5.31. The summed E-state index contributed by atoms with van der Waals surface area (Å²) in [6.45, 7) is 1.97. The van der Waals surface area contributed by atoms with Gasteiger partial charge < -0.3 is 11.1 Å². The van der Waals surface area contributed by atoms with Gasteiger partial charge in [0, 0.05) is 11.1 Å². The molecule has 0 fully saturated rings. The third-order valence-electron chi connectivity index (χ3n) is 1.68. The van der Waals surface area contributed by atoms with E-state index in [2.05, 4.69) is 20.3 Å². The Bertz CT molecular complexity index is 484.